The molecule has 2 nitrogen and oxygen atoms in total. The molecule has 0 radical (unpaired) electrons. The van der Waals surface area contributed by atoms with Crippen molar-refractivity contribution in [3.05, 3.63) is 0 Å². The van der Waals surface area contributed by atoms with Crippen LogP contribution in [0.3, 0.4) is 0 Å². The van der Waals surface area contributed by atoms with Crippen LogP contribution in [0.5, 0.6) is 0 Å². The molecular formula is C18H33O2P. The summed E-state index contributed by atoms with van der Waals surface area (Å²) in [5.41, 5.74) is -0.0242. The SMILES string of the molecule is O=[P+]([O-])C1CCCCCCCC1C1CCCCCCCC1. The van der Waals surface area contributed by atoms with Crippen molar-refractivity contribution in [3.8, 4) is 0 Å². The lowest BCUT2D eigenvalue weighted by atomic mass is 9.78. The Morgan fingerprint density at radius 3 is 1.57 bits per heavy atom. The molecule has 0 aromatic rings. The van der Waals surface area contributed by atoms with Gasteiger partial charge in [0.25, 0.3) is 0 Å². The van der Waals surface area contributed by atoms with Crippen LogP contribution < -0.4 is 4.89 Å². The summed E-state index contributed by atoms with van der Waals surface area (Å²) in [4.78, 5) is 11.8. The monoisotopic (exact) mass is 312 g/mol. The van der Waals surface area contributed by atoms with Gasteiger partial charge in [-0.2, -0.15) is 0 Å². The maximum absolute atomic E-state index is 11.8. The van der Waals surface area contributed by atoms with Crippen LogP contribution in [-0.2, 0) is 4.57 Å². The van der Waals surface area contributed by atoms with Gasteiger partial charge in [0.05, 0.1) is 0 Å². The van der Waals surface area contributed by atoms with Gasteiger partial charge < -0.3 is 4.89 Å². The Morgan fingerprint density at radius 2 is 1.05 bits per heavy atom. The first kappa shape index (κ1) is 17.4. The molecule has 0 spiro atoms. The molecule has 3 atom stereocenters. The molecular weight excluding hydrogens is 279 g/mol. The van der Waals surface area contributed by atoms with E-state index in [1.807, 2.05) is 0 Å². The first-order valence-corrected chi connectivity index (χ1v) is 10.7. The highest BCUT2D eigenvalue weighted by Crippen LogP contribution is 2.42. The second-order valence-corrected chi connectivity index (χ2v) is 8.55. The van der Waals surface area contributed by atoms with Crippen molar-refractivity contribution < 1.29 is 9.46 Å². The minimum absolute atomic E-state index is 0.0242. The zero-order valence-electron chi connectivity index (χ0n) is 13.6. The second-order valence-electron chi connectivity index (χ2n) is 7.32. The van der Waals surface area contributed by atoms with Gasteiger partial charge in [-0.25, -0.2) is 0 Å². The summed E-state index contributed by atoms with van der Waals surface area (Å²) in [5.74, 6) is 1.14. The van der Waals surface area contributed by atoms with Crippen molar-refractivity contribution in [1.29, 1.82) is 0 Å². The topological polar surface area (TPSA) is 40.1 Å². The van der Waals surface area contributed by atoms with Crippen molar-refractivity contribution in [2.45, 2.75) is 102 Å². The van der Waals surface area contributed by atoms with Gasteiger partial charge in [0.15, 0.2) is 5.66 Å². The van der Waals surface area contributed by atoms with Crippen LogP contribution in [0.1, 0.15) is 96.3 Å². The molecule has 0 saturated heterocycles. The summed E-state index contributed by atoms with van der Waals surface area (Å²) in [6.07, 6.45) is 19.0. The molecule has 0 N–H and O–H groups in total. The van der Waals surface area contributed by atoms with E-state index in [1.54, 1.807) is 0 Å². The van der Waals surface area contributed by atoms with E-state index in [9.17, 15) is 9.46 Å². The highest BCUT2D eigenvalue weighted by molar-refractivity contribution is 7.37. The molecule has 3 unspecified atom stereocenters. The second kappa shape index (κ2) is 9.95. The molecule has 0 aliphatic heterocycles. The summed E-state index contributed by atoms with van der Waals surface area (Å²) < 4.78 is 11.8. The van der Waals surface area contributed by atoms with Crippen molar-refractivity contribution in [2.24, 2.45) is 11.8 Å². The molecule has 0 amide bonds. The summed E-state index contributed by atoms with van der Waals surface area (Å²) >= 11 is 0. The van der Waals surface area contributed by atoms with E-state index in [-0.39, 0.29) is 5.66 Å². The van der Waals surface area contributed by atoms with Crippen LogP contribution >= 0.6 is 8.03 Å². The van der Waals surface area contributed by atoms with Gasteiger partial charge in [0.2, 0.25) is 0 Å². The standard InChI is InChI=1S/C18H33O2P/c19-21(20)18-15-11-7-3-6-10-14-17(18)16-12-8-4-1-2-5-9-13-16/h16-18H,1-15H2. The molecule has 21 heavy (non-hydrogen) atoms. The predicted octanol–water partition coefficient (Wildman–Crippen LogP) is 5.57. The van der Waals surface area contributed by atoms with Gasteiger partial charge in [-0.15, -0.1) is 0 Å². The smallest absolute Gasteiger partial charge is 0.312 e. The Kier molecular flexibility index (Phi) is 8.25. The van der Waals surface area contributed by atoms with Gasteiger partial charge in [0, 0.05) is 5.92 Å². The van der Waals surface area contributed by atoms with Crippen LogP contribution in [0.2, 0.25) is 0 Å². The van der Waals surface area contributed by atoms with E-state index >= 15 is 0 Å². The molecule has 2 fully saturated rings. The van der Waals surface area contributed by atoms with Gasteiger partial charge in [-0.1, -0.05) is 81.6 Å². The molecule has 2 aliphatic carbocycles. The molecule has 0 aromatic carbocycles. The van der Waals surface area contributed by atoms with Gasteiger partial charge in [0.1, 0.15) is 0 Å². The zero-order valence-corrected chi connectivity index (χ0v) is 14.5. The quantitative estimate of drug-likeness (QED) is 0.625. The lowest BCUT2D eigenvalue weighted by Crippen LogP contribution is -2.28. The third kappa shape index (κ3) is 5.99. The van der Waals surface area contributed by atoms with Gasteiger partial charge in [-0.3, -0.25) is 0 Å². The van der Waals surface area contributed by atoms with E-state index in [2.05, 4.69) is 0 Å². The van der Waals surface area contributed by atoms with Crippen LogP contribution in [0.15, 0.2) is 0 Å². The van der Waals surface area contributed by atoms with E-state index in [1.165, 1.54) is 83.5 Å². The minimum atomic E-state index is -2.25. The molecule has 2 saturated carbocycles. The fourth-order valence-electron chi connectivity index (χ4n) is 4.57. The molecule has 122 valence electrons. The van der Waals surface area contributed by atoms with Gasteiger partial charge in [-0.05, 0) is 25.2 Å². The fourth-order valence-corrected chi connectivity index (χ4v) is 5.67. The van der Waals surface area contributed by atoms with Crippen molar-refractivity contribution in [3.63, 3.8) is 0 Å². The average Bonchev–Trinajstić information content (AvgIpc) is 2.68. The van der Waals surface area contributed by atoms with E-state index in [4.69, 9.17) is 0 Å². The summed E-state index contributed by atoms with van der Waals surface area (Å²) in [6.45, 7) is 0. The van der Waals surface area contributed by atoms with Gasteiger partial charge >= 0.3 is 8.03 Å². The molecule has 0 heterocycles. The minimum Gasteiger partial charge on any atom is -0.595 e. The normalized spacial score (nSPS) is 32.0. The molecule has 0 bridgehead atoms. The third-order valence-corrected chi connectivity index (χ3v) is 6.99. The zero-order chi connectivity index (χ0) is 14.9. The highest BCUT2D eigenvalue weighted by atomic mass is 31.1. The Bertz CT molecular complexity index is 296. The third-order valence-electron chi connectivity index (χ3n) is 5.81. The largest absolute Gasteiger partial charge is 0.595 e. The maximum atomic E-state index is 11.8. The lowest BCUT2D eigenvalue weighted by Gasteiger charge is -2.29. The summed E-state index contributed by atoms with van der Waals surface area (Å²) in [7, 11) is -2.25. The predicted molar refractivity (Wildman–Crippen MR) is 87.6 cm³/mol. The molecule has 2 rings (SSSR count). The number of hydrogen-bond acceptors (Lipinski definition) is 2. The fraction of sp³-hybridized carbons (Fsp3) is 1.00. The van der Waals surface area contributed by atoms with E-state index in [0.29, 0.717) is 11.8 Å². The van der Waals surface area contributed by atoms with Crippen molar-refractivity contribution in [2.75, 3.05) is 0 Å². The first-order valence-electron chi connectivity index (χ1n) is 9.42. The molecule has 2 aliphatic rings. The highest BCUT2D eigenvalue weighted by Gasteiger charge is 2.36. The lowest BCUT2D eigenvalue weighted by molar-refractivity contribution is -0.168. The molecule has 0 aromatic heterocycles. The molecule has 3 heteroatoms. The van der Waals surface area contributed by atoms with Crippen molar-refractivity contribution in [1.82, 2.24) is 0 Å². The Morgan fingerprint density at radius 1 is 0.619 bits per heavy atom. The van der Waals surface area contributed by atoms with Crippen LogP contribution in [0.25, 0.3) is 0 Å². The van der Waals surface area contributed by atoms with E-state index < -0.39 is 8.03 Å². The maximum Gasteiger partial charge on any atom is 0.312 e. The van der Waals surface area contributed by atoms with Crippen LogP contribution in [0.4, 0.5) is 0 Å². The van der Waals surface area contributed by atoms with Crippen molar-refractivity contribution >= 4 is 8.03 Å². The average molecular weight is 312 g/mol. The summed E-state index contributed by atoms with van der Waals surface area (Å²) in [5, 5.41) is 0. The Hall–Kier alpha value is 0.0600. The van der Waals surface area contributed by atoms with Crippen LogP contribution in [0, 0.1) is 11.8 Å². The Labute approximate surface area is 132 Å². The number of rotatable bonds is 2. The number of hydrogen-bond donors (Lipinski definition) is 0. The summed E-state index contributed by atoms with van der Waals surface area (Å²) in [6, 6.07) is 0. The van der Waals surface area contributed by atoms with E-state index in [0.717, 1.165) is 12.8 Å². The van der Waals surface area contributed by atoms with Crippen LogP contribution in [-0.4, -0.2) is 5.66 Å². The first-order chi connectivity index (χ1) is 10.3. The Balaban J connectivity index is 2.05.